The lowest BCUT2D eigenvalue weighted by molar-refractivity contribution is 0.448. The van der Waals surface area contributed by atoms with Gasteiger partial charge in [-0.05, 0) is 64.2 Å². The third-order valence-electron chi connectivity index (χ3n) is 7.35. The molecule has 0 saturated heterocycles. The number of hydrogen-bond donors (Lipinski definition) is 2. The fourth-order valence-corrected chi connectivity index (χ4v) is 7.74. The van der Waals surface area contributed by atoms with E-state index in [2.05, 4.69) is 31.8 Å². The minimum atomic E-state index is -3.99. The van der Waals surface area contributed by atoms with E-state index in [0.29, 0.717) is 35.4 Å². The number of sulfone groups is 1. The second-order valence-corrected chi connectivity index (χ2v) is 15.1. The van der Waals surface area contributed by atoms with E-state index in [9.17, 15) is 16.8 Å². The monoisotopic (exact) mass is 544 g/mol. The van der Waals surface area contributed by atoms with Crippen LogP contribution in [0.15, 0.2) is 46.5 Å². The number of rotatable bonds is 6. The minimum Gasteiger partial charge on any atom is -0.345 e. The number of nitrogens with one attached hydrogen (secondary N) is 2. The van der Waals surface area contributed by atoms with Crippen molar-refractivity contribution in [2.45, 2.75) is 80.5 Å². The van der Waals surface area contributed by atoms with Crippen molar-refractivity contribution in [1.82, 2.24) is 29.3 Å². The zero-order valence-electron chi connectivity index (χ0n) is 21.6. The molecule has 0 spiro atoms. The molecule has 4 aromatic rings. The highest BCUT2D eigenvalue weighted by molar-refractivity contribution is 7.91. The molecule has 37 heavy (non-hydrogen) atoms. The molecule has 198 valence electrons. The first-order chi connectivity index (χ1) is 17.3. The van der Waals surface area contributed by atoms with Crippen molar-refractivity contribution in [2.75, 3.05) is 0 Å². The van der Waals surface area contributed by atoms with Gasteiger partial charge in [0.2, 0.25) is 24.9 Å². The van der Waals surface area contributed by atoms with Crippen LogP contribution in [0.1, 0.15) is 64.3 Å². The number of fused-ring (bicyclic) bond motifs is 3. The van der Waals surface area contributed by atoms with E-state index in [1.807, 2.05) is 6.07 Å². The van der Waals surface area contributed by atoms with E-state index in [-0.39, 0.29) is 33.4 Å². The Kier molecular flexibility index (Phi) is 6.19. The summed E-state index contributed by atoms with van der Waals surface area (Å²) < 4.78 is 56.9. The molecule has 1 aliphatic rings. The molecule has 0 amide bonds. The number of hydrogen-bond acceptors (Lipinski definition) is 7. The number of H-pyrrole nitrogens is 1. The first-order valence-electron chi connectivity index (χ1n) is 12.4. The van der Waals surface area contributed by atoms with Gasteiger partial charge in [-0.1, -0.05) is 31.5 Å². The lowest BCUT2D eigenvalue weighted by Crippen LogP contribution is -2.43. The van der Waals surface area contributed by atoms with Crippen molar-refractivity contribution >= 4 is 36.7 Å². The molecule has 1 fully saturated rings. The van der Waals surface area contributed by atoms with Crippen LogP contribution in [0.4, 0.5) is 0 Å². The van der Waals surface area contributed by atoms with Crippen molar-refractivity contribution < 1.29 is 16.8 Å². The number of aromatic nitrogens is 5. The maximum atomic E-state index is 13.8. The van der Waals surface area contributed by atoms with E-state index < -0.39 is 24.6 Å². The molecule has 12 heteroatoms. The summed E-state index contributed by atoms with van der Waals surface area (Å²) in [4.78, 5) is 7.67. The summed E-state index contributed by atoms with van der Waals surface area (Å²) in [6.45, 7) is 8.85. The van der Waals surface area contributed by atoms with Gasteiger partial charge < -0.3 is 4.98 Å². The molecule has 0 bridgehead atoms. The normalized spacial score (nSPS) is 21.3. The minimum absolute atomic E-state index is 0.109. The second kappa shape index (κ2) is 8.88. The summed E-state index contributed by atoms with van der Waals surface area (Å²) in [5.41, 5.74) is 1.87. The average molecular weight is 545 g/mol. The lowest BCUT2D eigenvalue weighted by Gasteiger charge is -2.23. The summed E-state index contributed by atoms with van der Waals surface area (Å²) in [7, 11) is -7.51. The maximum Gasteiger partial charge on any atom is 0.228 e. The molecule has 3 heterocycles. The molecule has 5 rings (SSSR count). The number of benzene rings is 1. The predicted molar refractivity (Wildman–Crippen MR) is 141 cm³/mol. The molecule has 3 aromatic heterocycles. The highest BCUT2D eigenvalue weighted by Gasteiger charge is 2.41. The van der Waals surface area contributed by atoms with Gasteiger partial charge in [-0.25, -0.2) is 26.5 Å². The number of aryl methyl sites for hydroxylation is 1. The summed E-state index contributed by atoms with van der Waals surface area (Å²) >= 11 is 0. The molecule has 2 N–H and O–H groups in total. The Bertz CT molecular complexity index is 1700. The van der Waals surface area contributed by atoms with Crippen LogP contribution in [0.3, 0.4) is 0 Å². The lowest BCUT2D eigenvalue weighted by atomic mass is 9.93. The molecular weight excluding hydrogens is 512 g/mol. The van der Waals surface area contributed by atoms with Gasteiger partial charge in [-0.15, -0.1) is 10.2 Å². The standard InChI is InChI=1S/C25H32N6O4S2/c1-6-16-13-17(30-37(34,35)25(3,4)5)14-18(16)22-28-29-23-24(27-21-19(31(22)23)11-12-26-21)36(32,33)20-10-8-7-9-15(20)2/h7-12,16-18,26,30H,6,13-14H2,1-5H3/t16-,17+,18+/m1/s1. The molecule has 1 saturated carbocycles. The molecule has 0 unspecified atom stereocenters. The van der Waals surface area contributed by atoms with Crippen LogP contribution >= 0.6 is 0 Å². The molecule has 10 nitrogen and oxygen atoms in total. The fourth-order valence-electron chi connectivity index (χ4n) is 5.21. The van der Waals surface area contributed by atoms with E-state index in [4.69, 9.17) is 0 Å². The number of aromatic amines is 1. The second-order valence-electron chi connectivity index (χ2n) is 10.8. The van der Waals surface area contributed by atoms with Gasteiger partial charge in [0.25, 0.3) is 0 Å². The van der Waals surface area contributed by atoms with E-state index in [1.165, 1.54) is 0 Å². The molecule has 0 aliphatic heterocycles. The Balaban J connectivity index is 1.64. The quantitative estimate of drug-likeness (QED) is 0.377. The Morgan fingerprint density at radius 2 is 1.81 bits per heavy atom. The van der Waals surface area contributed by atoms with Gasteiger partial charge in [0.05, 0.1) is 15.2 Å². The van der Waals surface area contributed by atoms with Crippen LogP contribution in [-0.4, -0.2) is 52.2 Å². The van der Waals surface area contributed by atoms with E-state index >= 15 is 0 Å². The third-order valence-corrected chi connectivity index (χ3v) is 11.4. The molecule has 1 aromatic carbocycles. The SMILES string of the molecule is CC[C@@H]1C[C@H](NS(=O)(=O)C(C)(C)C)C[C@@H]1c1nnc2c(S(=O)(=O)c3ccccc3C)nc3[nH]ccc3n12. The van der Waals surface area contributed by atoms with Crippen LogP contribution in [0.25, 0.3) is 16.8 Å². The van der Waals surface area contributed by atoms with Gasteiger partial charge in [-0.3, -0.25) is 4.40 Å². The highest BCUT2D eigenvalue weighted by Crippen LogP contribution is 2.42. The fraction of sp³-hybridized carbons (Fsp3) is 0.480. The molecule has 0 radical (unpaired) electrons. The largest absolute Gasteiger partial charge is 0.345 e. The van der Waals surface area contributed by atoms with Gasteiger partial charge in [-0.2, -0.15) is 0 Å². The summed E-state index contributed by atoms with van der Waals surface area (Å²) in [5, 5.41) is 8.67. The summed E-state index contributed by atoms with van der Waals surface area (Å²) in [5.74, 6) is 0.661. The topological polar surface area (TPSA) is 139 Å². The van der Waals surface area contributed by atoms with Gasteiger partial charge >= 0.3 is 0 Å². The summed E-state index contributed by atoms with van der Waals surface area (Å²) in [6.07, 6.45) is 3.74. The van der Waals surface area contributed by atoms with Gasteiger partial charge in [0, 0.05) is 18.2 Å². The zero-order chi connectivity index (χ0) is 26.8. The maximum absolute atomic E-state index is 13.8. The van der Waals surface area contributed by atoms with Crippen molar-refractivity contribution in [3.05, 3.63) is 47.9 Å². The van der Waals surface area contributed by atoms with Gasteiger partial charge in [0.1, 0.15) is 5.82 Å². The average Bonchev–Trinajstić information content (AvgIpc) is 3.54. The van der Waals surface area contributed by atoms with Crippen LogP contribution in [0.2, 0.25) is 0 Å². The zero-order valence-corrected chi connectivity index (χ0v) is 23.2. The first kappa shape index (κ1) is 25.8. The van der Waals surface area contributed by atoms with E-state index in [1.54, 1.807) is 62.6 Å². The smallest absolute Gasteiger partial charge is 0.228 e. The van der Waals surface area contributed by atoms with Crippen LogP contribution in [-0.2, 0) is 19.9 Å². The van der Waals surface area contributed by atoms with Crippen molar-refractivity contribution in [2.24, 2.45) is 5.92 Å². The Labute approximate surface area is 216 Å². The summed E-state index contributed by atoms with van der Waals surface area (Å²) in [6, 6.07) is 8.36. The number of sulfonamides is 1. The first-order valence-corrected chi connectivity index (χ1v) is 15.4. The van der Waals surface area contributed by atoms with Crippen molar-refractivity contribution in [3.63, 3.8) is 0 Å². The van der Waals surface area contributed by atoms with E-state index in [0.717, 1.165) is 6.42 Å². The van der Waals surface area contributed by atoms with Crippen molar-refractivity contribution in [1.29, 1.82) is 0 Å². The van der Waals surface area contributed by atoms with Crippen LogP contribution in [0.5, 0.6) is 0 Å². The highest BCUT2D eigenvalue weighted by atomic mass is 32.2. The third kappa shape index (κ3) is 4.24. The molecule has 1 aliphatic carbocycles. The molecular formula is C25H32N6O4S2. The van der Waals surface area contributed by atoms with Crippen LogP contribution < -0.4 is 4.72 Å². The Hall–Kier alpha value is -2.83. The van der Waals surface area contributed by atoms with Crippen molar-refractivity contribution in [3.8, 4) is 0 Å². The Morgan fingerprint density at radius 3 is 2.49 bits per heavy atom. The van der Waals surface area contributed by atoms with Crippen LogP contribution in [0, 0.1) is 12.8 Å². The van der Waals surface area contributed by atoms with Gasteiger partial charge in [0.15, 0.2) is 11.3 Å². The molecule has 3 atom stereocenters. The predicted octanol–water partition coefficient (Wildman–Crippen LogP) is 3.74. The number of nitrogens with zero attached hydrogens (tertiary/aromatic N) is 4. The Morgan fingerprint density at radius 1 is 1.08 bits per heavy atom.